The van der Waals surface area contributed by atoms with E-state index < -0.39 is 0 Å². The number of hydrogen-bond acceptors (Lipinski definition) is 4. The number of aromatic nitrogens is 2. The molecule has 0 aliphatic carbocycles. The molecule has 0 radical (unpaired) electrons. The van der Waals surface area contributed by atoms with E-state index in [0.29, 0.717) is 18.7 Å². The first-order valence-corrected chi connectivity index (χ1v) is 6.56. The second-order valence-corrected chi connectivity index (χ2v) is 4.47. The molecule has 1 heterocycles. The Hall–Kier alpha value is -2.76. The third kappa shape index (κ3) is 4.38. The molecule has 6 heteroatoms. The van der Waals surface area contributed by atoms with Gasteiger partial charge in [0.25, 0.3) is 11.8 Å². The minimum absolute atomic E-state index is 0.163. The first-order chi connectivity index (χ1) is 10.2. The van der Waals surface area contributed by atoms with Gasteiger partial charge in [-0.15, -0.1) is 0 Å². The zero-order valence-electron chi connectivity index (χ0n) is 11.7. The molecule has 1 aromatic carbocycles. The average Bonchev–Trinajstić information content (AvgIpc) is 2.52. The number of amides is 2. The van der Waals surface area contributed by atoms with Crippen molar-refractivity contribution in [1.82, 2.24) is 20.6 Å². The Bertz CT molecular complexity index is 611. The number of nitrogens with one attached hydrogen (secondary N) is 2. The molecule has 0 bridgehead atoms. The Kier molecular flexibility index (Phi) is 4.98. The standard InChI is InChI=1S/C15H16N4O2/c1-11-2-4-12(5-3-11)14(20)18-8-9-19-15(21)13-10-16-6-7-17-13/h2-7,10H,8-9H2,1H3,(H,18,20)(H,19,21). The zero-order chi connectivity index (χ0) is 15.1. The Labute approximate surface area is 122 Å². The number of carbonyl (C=O) groups excluding carboxylic acids is 2. The maximum Gasteiger partial charge on any atom is 0.271 e. The average molecular weight is 284 g/mol. The molecular formula is C15H16N4O2. The summed E-state index contributed by atoms with van der Waals surface area (Å²) in [6, 6.07) is 7.29. The quantitative estimate of drug-likeness (QED) is 0.800. The summed E-state index contributed by atoms with van der Waals surface area (Å²) in [6.45, 7) is 2.63. The summed E-state index contributed by atoms with van der Waals surface area (Å²) in [5.41, 5.74) is 1.95. The highest BCUT2D eigenvalue weighted by molar-refractivity contribution is 5.94. The van der Waals surface area contributed by atoms with Gasteiger partial charge in [0, 0.05) is 31.0 Å². The molecule has 2 N–H and O–H groups in total. The van der Waals surface area contributed by atoms with Gasteiger partial charge in [0.15, 0.2) is 0 Å². The van der Waals surface area contributed by atoms with Crippen LogP contribution in [-0.2, 0) is 0 Å². The van der Waals surface area contributed by atoms with Crippen LogP contribution < -0.4 is 10.6 Å². The van der Waals surface area contributed by atoms with Crippen molar-refractivity contribution in [3.8, 4) is 0 Å². The Morgan fingerprint density at radius 2 is 1.67 bits per heavy atom. The van der Waals surface area contributed by atoms with Gasteiger partial charge in [0.2, 0.25) is 0 Å². The molecule has 0 fully saturated rings. The van der Waals surface area contributed by atoms with Gasteiger partial charge < -0.3 is 10.6 Å². The molecule has 0 saturated carbocycles. The van der Waals surface area contributed by atoms with Gasteiger partial charge in [-0.2, -0.15) is 0 Å². The lowest BCUT2D eigenvalue weighted by Crippen LogP contribution is -2.35. The molecule has 0 aliphatic heterocycles. The monoisotopic (exact) mass is 284 g/mol. The summed E-state index contributed by atoms with van der Waals surface area (Å²) in [4.78, 5) is 31.2. The fraction of sp³-hybridized carbons (Fsp3) is 0.200. The predicted molar refractivity (Wildman–Crippen MR) is 77.9 cm³/mol. The molecule has 0 unspecified atom stereocenters. The van der Waals surface area contributed by atoms with Crippen LogP contribution in [-0.4, -0.2) is 34.9 Å². The molecule has 21 heavy (non-hydrogen) atoms. The Morgan fingerprint density at radius 1 is 1.00 bits per heavy atom. The summed E-state index contributed by atoms with van der Waals surface area (Å²) < 4.78 is 0. The van der Waals surface area contributed by atoms with E-state index in [1.807, 2.05) is 19.1 Å². The molecule has 2 aromatic rings. The molecule has 1 aromatic heterocycles. The van der Waals surface area contributed by atoms with Crippen LogP contribution in [0.5, 0.6) is 0 Å². The summed E-state index contributed by atoms with van der Waals surface area (Å²) >= 11 is 0. The topological polar surface area (TPSA) is 84.0 Å². The van der Waals surface area contributed by atoms with E-state index in [-0.39, 0.29) is 17.5 Å². The number of benzene rings is 1. The van der Waals surface area contributed by atoms with E-state index in [1.165, 1.54) is 18.6 Å². The van der Waals surface area contributed by atoms with Crippen molar-refractivity contribution in [2.45, 2.75) is 6.92 Å². The van der Waals surface area contributed by atoms with E-state index in [4.69, 9.17) is 0 Å². The molecular weight excluding hydrogens is 268 g/mol. The third-order valence-electron chi connectivity index (χ3n) is 2.81. The first kappa shape index (κ1) is 14.6. The van der Waals surface area contributed by atoms with E-state index in [1.54, 1.807) is 12.1 Å². The predicted octanol–water partition coefficient (Wildman–Crippen LogP) is 0.945. The van der Waals surface area contributed by atoms with Crippen LogP contribution in [0.25, 0.3) is 0 Å². The maximum absolute atomic E-state index is 11.8. The lowest BCUT2D eigenvalue weighted by Gasteiger charge is -2.07. The number of nitrogens with zero attached hydrogens (tertiary/aromatic N) is 2. The van der Waals surface area contributed by atoms with Crippen molar-refractivity contribution in [2.75, 3.05) is 13.1 Å². The SMILES string of the molecule is Cc1ccc(C(=O)NCCNC(=O)c2cnccn2)cc1. The number of rotatable bonds is 5. The minimum Gasteiger partial charge on any atom is -0.350 e. The largest absolute Gasteiger partial charge is 0.350 e. The maximum atomic E-state index is 11.8. The fourth-order valence-electron chi connectivity index (χ4n) is 1.67. The molecule has 0 atom stereocenters. The van der Waals surface area contributed by atoms with Gasteiger partial charge in [-0.05, 0) is 19.1 Å². The molecule has 0 saturated heterocycles. The lowest BCUT2D eigenvalue weighted by molar-refractivity contribution is 0.0925. The second kappa shape index (κ2) is 7.14. The number of aryl methyl sites for hydroxylation is 1. The molecule has 108 valence electrons. The van der Waals surface area contributed by atoms with Crippen molar-refractivity contribution in [3.63, 3.8) is 0 Å². The van der Waals surface area contributed by atoms with E-state index >= 15 is 0 Å². The number of carbonyl (C=O) groups is 2. The van der Waals surface area contributed by atoms with E-state index in [2.05, 4.69) is 20.6 Å². The highest BCUT2D eigenvalue weighted by atomic mass is 16.2. The highest BCUT2D eigenvalue weighted by Gasteiger charge is 2.07. The summed E-state index contributed by atoms with van der Waals surface area (Å²) in [5, 5.41) is 5.39. The molecule has 2 rings (SSSR count). The van der Waals surface area contributed by atoms with Crippen molar-refractivity contribution in [1.29, 1.82) is 0 Å². The van der Waals surface area contributed by atoms with Crippen LogP contribution in [0.3, 0.4) is 0 Å². The minimum atomic E-state index is -0.312. The van der Waals surface area contributed by atoms with Crippen molar-refractivity contribution in [3.05, 3.63) is 59.7 Å². The van der Waals surface area contributed by atoms with Crippen LogP contribution in [0.15, 0.2) is 42.9 Å². The number of hydrogen-bond donors (Lipinski definition) is 2. The van der Waals surface area contributed by atoms with E-state index in [0.717, 1.165) is 5.56 Å². The second-order valence-electron chi connectivity index (χ2n) is 4.47. The van der Waals surface area contributed by atoms with E-state index in [9.17, 15) is 9.59 Å². The van der Waals surface area contributed by atoms with Crippen LogP contribution >= 0.6 is 0 Å². The van der Waals surface area contributed by atoms with Crippen molar-refractivity contribution < 1.29 is 9.59 Å². The Morgan fingerprint density at radius 3 is 2.29 bits per heavy atom. The van der Waals surface area contributed by atoms with Crippen LogP contribution in [0, 0.1) is 6.92 Å². The molecule has 0 spiro atoms. The third-order valence-corrected chi connectivity index (χ3v) is 2.81. The van der Waals surface area contributed by atoms with Gasteiger partial charge in [-0.25, -0.2) is 4.98 Å². The van der Waals surface area contributed by atoms with Crippen molar-refractivity contribution >= 4 is 11.8 Å². The van der Waals surface area contributed by atoms with Crippen molar-refractivity contribution in [2.24, 2.45) is 0 Å². The summed E-state index contributed by atoms with van der Waals surface area (Å²) in [6.07, 6.45) is 4.34. The lowest BCUT2D eigenvalue weighted by atomic mass is 10.1. The summed E-state index contributed by atoms with van der Waals surface area (Å²) in [7, 11) is 0. The van der Waals surface area contributed by atoms with Crippen LogP contribution in [0.1, 0.15) is 26.4 Å². The smallest absolute Gasteiger partial charge is 0.271 e. The van der Waals surface area contributed by atoms with Gasteiger partial charge in [-0.1, -0.05) is 17.7 Å². The first-order valence-electron chi connectivity index (χ1n) is 6.56. The molecule has 2 amide bonds. The molecule has 6 nitrogen and oxygen atoms in total. The van der Waals surface area contributed by atoms with Gasteiger partial charge in [0.05, 0.1) is 6.20 Å². The normalized spacial score (nSPS) is 9.95. The summed E-state index contributed by atoms with van der Waals surface area (Å²) in [5.74, 6) is -0.476. The fourth-order valence-corrected chi connectivity index (χ4v) is 1.67. The van der Waals surface area contributed by atoms with Gasteiger partial charge >= 0.3 is 0 Å². The van der Waals surface area contributed by atoms with Crippen LogP contribution in [0.2, 0.25) is 0 Å². The van der Waals surface area contributed by atoms with Gasteiger partial charge in [-0.3, -0.25) is 14.6 Å². The zero-order valence-corrected chi connectivity index (χ0v) is 11.7. The van der Waals surface area contributed by atoms with Gasteiger partial charge in [0.1, 0.15) is 5.69 Å². The highest BCUT2D eigenvalue weighted by Crippen LogP contribution is 2.02. The Balaban J connectivity index is 1.73. The van der Waals surface area contributed by atoms with Crippen LogP contribution in [0.4, 0.5) is 0 Å². The molecule has 0 aliphatic rings.